The third kappa shape index (κ3) is 2.60. The molecule has 0 spiro atoms. The van der Waals surface area contributed by atoms with Crippen molar-refractivity contribution in [2.24, 2.45) is 11.3 Å². The minimum Gasteiger partial charge on any atom is -0.320 e. The summed E-state index contributed by atoms with van der Waals surface area (Å²) in [5.74, 6) is 0.799. The Morgan fingerprint density at radius 1 is 1.57 bits per heavy atom. The minimum atomic E-state index is 0.126. The molecule has 0 radical (unpaired) electrons. The zero-order valence-corrected chi connectivity index (χ0v) is 9.92. The Morgan fingerprint density at radius 2 is 2.14 bits per heavy atom. The van der Waals surface area contributed by atoms with Gasteiger partial charge in [-0.05, 0) is 24.2 Å². The topological polar surface area (TPSA) is 20.3 Å². The number of carbonyl (C=O) groups excluding carboxylic acids is 1. The molecule has 0 N–H and O–H groups in total. The van der Waals surface area contributed by atoms with E-state index in [1.54, 1.807) is 11.8 Å². The largest absolute Gasteiger partial charge is 0.320 e. The molecule has 0 saturated carbocycles. The molecule has 0 heterocycles. The molecule has 80 valence electrons. The van der Waals surface area contributed by atoms with Crippen molar-refractivity contribution in [1.82, 2.24) is 4.90 Å². The second-order valence-corrected chi connectivity index (χ2v) is 5.22. The molecule has 0 fully saturated rings. The first kappa shape index (κ1) is 11.3. The lowest BCUT2D eigenvalue weighted by Crippen LogP contribution is -2.30. The average Bonchev–Trinajstić information content (AvgIpc) is 1.98. The van der Waals surface area contributed by atoms with Gasteiger partial charge in [-0.25, -0.2) is 0 Å². The van der Waals surface area contributed by atoms with E-state index in [0.717, 1.165) is 6.42 Å². The third-order valence-corrected chi connectivity index (χ3v) is 2.89. The summed E-state index contributed by atoms with van der Waals surface area (Å²) in [6, 6.07) is 0. The van der Waals surface area contributed by atoms with Gasteiger partial charge in [-0.2, -0.15) is 0 Å². The maximum absolute atomic E-state index is 11.2. The van der Waals surface area contributed by atoms with Crippen LogP contribution in [0.2, 0.25) is 0 Å². The number of nitrogens with zero attached hydrogens (tertiary/aromatic N) is 1. The molecule has 0 aliphatic heterocycles. The van der Waals surface area contributed by atoms with E-state index in [-0.39, 0.29) is 11.3 Å². The van der Waals surface area contributed by atoms with Crippen LogP contribution in [-0.4, -0.2) is 17.9 Å². The Balaban J connectivity index is 2.88. The molecule has 1 amide bonds. The second-order valence-electron chi connectivity index (χ2n) is 5.22. The highest BCUT2D eigenvalue weighted by atomic mass is 16.2. The van der Waals surface area contributed by atoms with Crippen molar-refractivity contribution in [2.75, 3.05) is 7.05 Å². The van der Waals surface area contributed by atoms with Crippen LogP contribution in [0.15, 0.2) is 11.8 Å². The molecule has 1 atom stereocenters. The number of allylic oxidation sites excluding steroid dienone is 2. The predicted molar refractivity (Wildman–Crippen MR) is 58.7 cm³/mol. The molecule has 0 aromatic heterocycles. The van der Waals surface area contributed by atoms with E-state index >= 15 is 0 Å². The SMILES string of the molecule is CC(=O)N(C)C1=CC(C)(C)CC(C)C1. The molecular weight excluding hydrogens is 174 g/mol. The van der Waals surface area contributed by atoms with E-state index in [2.05, 4.69) is 26.8 Å². The highest BCUT2D eigenvalue weighted by Crippen LogP contribution is 2.37. The Bertz CT molecular complexity index is 265. The third-order valence-electron chi connectivity index (χ3n) is 2.89. The smallest absolute Gasteiger partial charge is 0.223 e. The average molecular weight is 195 g/mol. The molecule has 1 aliphatic rings. The Morgan fingerprint density at radius 3 is 2.57 bits per heavy atom. The molecule has 1 aliphatic carbocycles. The molecular formula is C12H21NO. The van der Waals surface area contributed by atoms with Crippen LogP contribution in [0.4, 0.5) is 0 Å². The maximum Gasteiger partial charge on any atom is 0.223 e. The van der Waals surface area contributed by atoms with Crippen LogP contribution >= 0.6 is 0 Å². The monoisotopic (exact) mass is 195 g/mol. The van der Waals surface area contributed by atoms with Crippen molar-refractivity contribution >= 4 is 5.91 Å². The van der Waals surface area contributed by atoms with Gasteiger partial charge in [-0.1, -0.05) is 26.8 Å². The van der Waals surface area contributed by atoms with Gasteiger partial charge in [0.05, 0.1) is 0 Å². The van der Waals surface area contributed by atoms with Crippen LogP contribution in [0.1, 0.15) is 40.5 Å². The molecule has 0 saturated heterocycles. The van der Waals surface area contributed by atoms with Crippen LogP contribution in [0.3, 0.4) is 0 Å². The van der Waals surface area contributed by atoms with Crippen molar-refractivity contribution in [2.45, 2.75) is 40.5 Å². The number of carbonyl (C=O) groups is 1. The summed E-state index contributed by atoms with van der Waals surface area (Å²) >= 11 is 0. The Labute approximate surface area is 87.0 Å². The standard InChI is InChI=1S/C12H21NO/c1-9-6-11(13(5)10(2)14)8-12(3,4)7-9/h8-9H,6-7H2,1-5H3. The number of amides is 1. The maximum atomic E-state index is 11.2. The summed E-state index contributed by atoms with van der Waals surface area (Å²) in [6.45, 7) is 8.34. The number of hydrogen-bond donors (Lipinski definition) is 0. The van der Waals surface area contributed by atoms with Gasteiger partial charge in [0.2, 0.25) is 5.91 Å². The van der Waals surface area contributed by atoms with Crippen LogP contribution in [0.5, 0.6) is 0 Å². The number of rotatable bonds is 1. The van der Waals surface area contributed by atoms with Crippen molar-refractivity contribution in [3.8, 4) is 0 Å². The quantitative estimate of drug-likeness (QED) is 0.630. The summed E-state index contributed by atoms with van der Waals surface area (Å²) in [4.78, 5) is 13.0. The molecule has 0 aromatic rings. The van der Waals surface area contributed by atoms with Gasteiger partial charge >= 0.3 is 0 Å². The zero-order valence-electron chi connectivity index (χ0n) is 9.92. The van der Waals surface area contributed by atoms with Crippen LogP contribution < -0.4 is 0 Å². The van der Waals surface area contributed by atoms with E-state index in [4.69, 9.17) is 0 Å². The van der Waals surface area contributed by atoms with Crippen molar-refractivity contribution < 1.29 is 4.79 Å². The van der Waals surface area contributed by atoms with Crippen molar-refractivity contribution in [3.63, 3.8) is 0 Å². The van der Waals surface area contributed by atoms with Gasteiger partial charge in [0.1, 0.15) is 0 Å². The Hall–Kier alpha value is -0.790. The van der Waals surface area contributed by atoms with Gasteiger partial charge in [0.15, 0.2) is 0 Å². The fraction of sp³-hybridized carbons (Fsp3) is 0.750. The highest BCUT2D eigenvalue weighted by Gasteiger charge is 2.27. The van der Waals surface area contributed by atoms with E-state index in [9.17, 15) is 4.79 Å². The number of hydrogen-bond acceptors (Lipinski definition) is 1. The molecule has 1 rings (SSSR count). The summed E-state index contributed by atoms with van der Waals surface area (Å²) in [7, 11) is 1.86. The first-order chi connectivity index (χ1) is 6.32. The first-order valence-corrected chi connectivity index (χ1v) is 5.28. The first-order valence-electron chi connectivity index (χ1n) is 5.28. The highest BCUT2D eigenvalue weighted by molar-refractivity contribution is 5.74. The van der Waals surface area contributed by atoms with Crippen LogP contribution in [-0.2, 0) is 4.79 Å². The lowest BCUT2D eigenvalue weighted by Gasteiger charge is -2.34. The predicted octanol–water partition coefficient (Wildman–Crippen LogP) is 2.80. The van der Waals surface area contributed by atoms with Gasteiger partial charge < -0.3 is 4.90 Å². The van der Waals surface area contributed by atoms with Gasteiger partial charge in [-0.15, -0.1) is 0 Å². The minimum absolute atomic E-state index is 0.126. The fourth-order valence-electron chi connectivity index (χ4n) is 2.33. The van der Waals surface area contributed by atoms with Gasteiger partial charge in [0, 0.05) is 19.7 Å². The molecule has 1 unspecified atom stereocenters. The van der Waals surface area contributed by atoms with Crippen LogP contribution in [0.25, 0.3) is 0 Å². The summed E-state index contributed by atoms with van der Waals surface area (Å²) < 4.78 is 0. The van der Waals surface area contributed by atoms with Gasteiger partial charge in [-0.3, -0.25) is 4.79 Å². The molecule has 2 nitrogen and oxygen atoms in total. The van der Waals surface area contributed by atoms with Crippen LogP contribution in [0, 0.1) is 11.3 Å². The van der Waals surface area contributed by atoms with E-state index < -0.39 is 0 Å². The zero-order chi connectivity index (χ0) is 10.9. The summed E-state index contributed by atoms with van der Waals surface area (Å²) in [5.41, 5.74) is 1.41. The molecule has 0 aromatic carbocycles. The molecule has 0 bridgehead atoms. The van der Waals surface area contributed by atoms with Crippen molar-refractivity contribution in [1.29, 1.82) is 0 Å². The fourth-order valence-corrected chi connectivity index (χ4v) is 2.33. The van der Waals surface area contributed by atoms with E-state index in [1.165, 1.54) is 12.1 Å². The van der Waals surface area contributed by atoms with E-state index in [1.807, 2.05) is 7.05 Å². The summed E-state index contributed by atoms with van der Waals surface area (Å²) in [6.07, 6.45) is 4.48. The molecule has 2 heteroatoms. The second kappa shape index (κ2) is 3.76. The summed E-state index contributed by atoms with van der Waals surface area (Å²) in [5, 5.41) is 0. The normalized spacial score (nSPS) is 25.5. The van der Waals surface area contributed by atoms with Gasteiger partial charge in [0.25, 0.3) is 0 Å². The Kier molecular flexibility index (Phi) is 3.03. The van der Waals surface area contributed by atoms with Crippen molar-refractivity contribution in [3.05, 3.63) is 11.8 Å². The lowest BCUT2D eigenvalue weighted by atomic mass is 9.76. The lowest BCUT2D eigenvalue weighted by molar-refractivity contribution is -0.126. The van der Waals surface area contributed by atoms with E-state index in [0.29, 0.717) is 5.92 Å². The molecule has 14 heavy (non-hydrogen) atoms.